The van der Waals surface area contributed by atoms with Crippen molar-refractivity contribution in [3.8, 4) is 0 Å². The third kappa shape index (κ3) is 4.82. The van der Waals surface area contributed by atoms with E-state index in [0.29, 0.717) is 23.5 Å². The number of carbonyl (C=O) groups excluding carboxylic acids is 1. The molecule has 1 aromatic rings. The van der Waals surface area contributed by atoms with Crippen LogP contribution in [0.2, 0.25) is 0 Å². The van der Waals surface area contributed by atoms with E-state index in [2.05, 4.69) is 13.8 Å². The summed E-state index contributed by atoms with van der Waals surface area (Å²) in [6.07, 6.45) is 4.53. The van der Waals surface area contributed by atoms with Crippen LogP contribution in [0.25, 0.3) is 0 Å². The van der Waals surface area contributed by atoms with E-state index in [1.54, 1.807) is 12.1 Å². The predicted molar refractivity (Wildman–Crippen MR) is 100 cm³/mol. The maximum absolute atomic E-state index is 12.8. The molecule has 0 bridgehead atoms. The minimum atomic E-state index is -3.19. The molecule has 0 N–H and O–H groups in total. The molecule has 1 saturated heterocycles. The fourth-order valence-electron chi connectivity index (χ4n) is 3.59. The molecule has 1 aliphatic rings. The summed E-state index contributed by atoms with van der Waals surface area (Å²) >= 11 is 0. The van der Waals surface area contributed by atoms with Gasteiger partial charge in [-0.1, -0.05) is 12.1 Å². The number of nitrogens with zero attached hydrogens (tertiary/aromatic N) is 2. The number of hydrogen-bond donors (Lipinski definition) is 0. The molecule has 140 valence electrons. The zero-order valence-electron chi connectivity index (χ0n) is 15.9. The summed E-state index contributed by atoms with van der Waals surface area (Å²) in [6, 6.07) is 7.55. The molecule has 1 heterocycles. The average Bonchev–Trinajstić information content (AvgIpc) is 2.53. The van der Waals surface area contributed by atoms with Crippen molar-refractivity contribution in [2.24, 2.45) is 0 Å². The number of benzene rings is 1. The van der Waals surface area contributed by atoms with E-state index in [0.717, 1.165) is 18.4 Å². The molecule has 1 fully saturated rings. The quantitative estimate of drug-likeness (QED) is 0.804. The van der Waals surface area contributed by atoms with Crippen LogP contribution in [0, 0.1) is 0 Å². The van der Waals surface area contributed by atoms with E-state index < -0.39 is 9.84 Å². The van der Waals surface area contributed by atoms with E-state index in [1.807, 2.05) is 35.9 Å². The Hall–Kier alpha value is -1.40. The van der Waals surface area contributed by atoms with E-state index in [9.17, 15) is 13.2 Å². The van der Waals surface area contributed by atoms with Gasteiger partial charge in [0.1, 0.15) is 0 Å². The lowest BCUT2D eigenvalue weighted by Crippen LogP contribution is -2.50. The SMILES string of the molecule is C[C@H](c1ccc(S(C)(=O)=O)cc1)N(C)CC(=O)N1[C@@H](C)CCC[C@@H]1C. The van der Waals surface area contributed by atoms with Crippen LogP contribution in [0.1, 0.15) is 51.6 Å². The Balaban J connectivity index is 2.04. The number of hydrogen-bond acceptors (Lipinski definition) is 4. The Morgan fingerprint density at radius 1 is 1.20 bits per heavy atom. The maximum atomic E-state index is 12.8. The predicted octanol–water partition coefficient (Wildman–Crippen LogP) is 2.87. The van der Waals surface area contributed by atoms with Crippen LogP contribution in [-0.4, -0.2) is 56.1 Å². The molecule has 0 aliphatic carbocycles. The molecule has 0 spiro atoms. The van der Waals surface area contributed by atoms with E-state index >= 15 is 0 Å². The summed E-state index contributed by atoms with van der Waals surface area (Å²) in [6.45, 7) is 6.65. The van der Waals surface area contributed by atoms with Gasteiger partial charge in [0, 0.05) is 24.4 Å². The number of piperidine rings is 1. The Morgan fingerprint density at radius 3 is 2.20 bits per heavy atom. The van der Waals surface area contributed by atoms with Crippen LogP contribution in [0.4, 0.5) is 0 Å². The standard InChI is InChI=1S/C19H30N2O3S/c1-14-7-6-8-15(2)21(14)19(22)13-20(4)16(3)17-9-11-18(12-10-17)25(5,23)24/h9-12,14-16H,6-8,13H2,1-5H3/t14-,15-,16+/m0/s1. The molecule has 1 aliphatic heterocycles. The van der Waals surface area contributed by atoms with Crippen molar-refractivity contribution in [3.05, 3.63) is 29.8 Å². The van der Waals surface area contributed by atoms with Gasteiger partial charge in [-0.15, -0.1) is 0 Å². The number of sulfone groups is 1. The third-order valence-electron chi connectivity index (χ3n) is 5.32. The van der Waals surface area contributed by atoms with Gasteiger partial charge >= 0.3 is 0 Å². The van der Waals surface area contributed by atoms with Crippen LogP contribution in [0.15, 0.2) is 29.2 Å². The summed E-state index contributed by atoms with van der Waals surface area (Å²) in [5.41, 5.74) is 1.00. The number of carbonyl (C=O) groups is 1. The second-order valence-corrected chi connectivity index (χ2v) is 9.38. The molecule has 6 heteroatoms. The molecule has 3 atom stereocenters. The molecular formula is C19H30N2O3S. The monoisotopic (exact) mass is 366 g/mol. The summed E-state index contributed by atoms with van der Waals surface area (Å²) in [4.78, 5) is 17.1. The Bertz CT molecular complexity index is 690. The largest absolute Gasteiger partial charge is 0.336 e. The summed E-state index contributed by atoms with van der Waals surface area (Å²) in [5.74, 6) is 0.168. The molecule has 5 nitrogen and oxygen atoms in total. The van der Waals surface area contributed by atoms with Gasteiger partial charge in [-0.25, -0.2) is 8.42 Å². The van der Waals surface area contributed by atoms with Gasteiger partial charge in [0.2, 0.25) is 5.91 Å². The van der Waals surface area contributed by atoms with Gasteiger partial charge in [-0.05, 0) is 64.8 Å². The van der Waals surface area contributed by atoms with Crippen LogP contribution >= 0.6 is 0 Å². The van der Waals surface area contributed by atoms with Crippen molar-refractivity contribution in [2.45, 2.75) is 63.1 Å². The first-order valence-electron chi connectivity index (χ1n) is 8.92. The highest BCUT2D eigenvalue weighted by molar-refractivity contribution is 7.90. The fourth-order valence-corrected chi connectivity index (χ4v) is 4.22. The topological polar surface area (TPSA) is 57.7 Å². The highest BCUT2D eigenvalue weighted by Gasteiger charge is 2.30. The lowest BCUT2D eigenvalue weighted by atomic mass is 9.97. The van der Waals surface area contributed by atoms with Gasteiger partial charge in [0.25, 0.3) is 0 Å². The van der Waals surface area contributed by atoms with Crippen molar-refractivity contribution in [1.29, 1.82) is 0 Å². The van der Waals surface area contributed by atoms with Crippen molar-refractivity contribution in [1.82, 2.24) is 9.80 Å². The second-order valence-electron chi connectivity index (χ2n) is 7.36. The molecule has 2 rings (SSSR count). The first kappa shape index (κ1) is 19.9. The first-order valence-corrected chi connectivity index (χ1v) is 10.8. The summed E-state index contributed by atoms with van der Waals surface area (Å²) in [5, 5.41) is 0. The minimum absolute atomic E-state index is 0.0352. The minimum Gasteiger partial charge on any atom is -0.336 e. The van der Waals surface area contributed by atoms with Crippen molar-refractivity contribution < 1.29 is 13.2 Å². The molecule has 0 saturated carbocycles. The van der Waals surface area contributed by atoms with Crippen LogP contribution in [0.5, 0.6) is 0 Å². The maximum Gasteiger partial charge on any atom is 0.237 e. The van der Waals surface area contributed by atoms with E-state index in [-0.39, 0.29) is 11.9 Å². The second kappa shape index (κ2) is 7.87. The van der Waals surface area contributed by atoms with Gasteiger partial charge in [0.15, 0.2) is 9.84 Å². The zero-order chi connectivity index (χ0) is 18.8. The van der Waals surface area contributed by atoms with E-state index in [4.69, 9.17) is 0 Å². The lowest BCUT2D eigenvalue weighted by molar-refractivity contribution is -0.138. The molecule has 0 unspecified atom stereocenters. The zero-order valence-corrected chi connectivity index (χ0v) is 16.7. The summed E-state index contributed by atoms with van der Waals surface area (Å²) in [7, 11) is -1.25. The van der Waals surface area contributed by atoms with Gasteiger partial charge < -0.3 is 4.90 Å². The molecular weight excluding hydrogens is 336 g/mol. The fraction of sp³-hybridized carbons (Fsp3) is 0.632. The molecule has 0 aromatic heterocycles. The van der Waals surface area contributed by atoms with Gasteiger partial charge in [-0.2, -0.15) is 0 Å². The Morgan fingerprint density at radius 2 is 1.72 bits per heavy atom. The van der Waals surface area contributed by atoms with Gasteiger partial charge in [-0.3, -0.25) is 9.69 Å². The Kier molecular flexibility index (Phi) is 6.27. The highest BCUT2D eigenvalue weighted by atomic mass is 32.2. The third-order valence-corrected chi connectivity index (χ3v) is 6.45. The van der Waals surface area contributed by atoms with Crippen LogP contribution in [-0.2, 0) is 14.6 Å². The number of likely N-dealkylation sites (tertiary alicyclic amines) is 1. The first-order chi connectivity index (χ1) is 11.6. The molecule has 1 aromatic carbocycles. The normalized spacial score (nSPS) is 22.9. The molecule has 0 radical (unpaired) electrons. The van der Waals surface area contributed by atoms with Crippen molar-refractivity contribution in [3.63, 3.8) is 0 Å². The average molecular weight is 367 g/mol. The van der Waals surface area contributed by atoms with Crippen molar-refractivity contribution in [2.75, 3.05) is 19.8 Å². The molecule has 1 amide bonds. The highest BCUT2D eigenvalue weighted by Crippen LogP contribution is 2.24. The van der Waals surface area contributed by atoms with Crippen molar-refractivity contribution >= 4 is 15.7 Å². The number of amides is 1. The Labute approximate surface area is 151 Å². The van der Waals surface area contributed by atoms with Crippen LogP contribution in [0.3, 0.4) is 0 Å². The summed E-state index contributed by atoms with van der Waals surface area (Å²) < 4.78 is 23.1. The smallest absolute Gasteiger partial charge is 0.237 e. The number of likely N-dealkylation sites (N-methyl/N-ethyl adjacent to an activating group) is 1. The lowest BCUT2D eigenvalue weighted by Gasteiger charge is -2.40. The van der Waals surface area contributed by atoms with Gasteiger partial charge in [0.05, 0.1) is 11.4 Å². The van der Waals surface area contributed by atoms with Crippen LogP contribution < -0.4 is 0 Å². The number of rotatable bonds is 5. The molecule has 25 heavy (non-hydrogen) atoms. The van der Waals surface area contributed by atoms with E-state index in [1.165, 1.54) is 12.7 Å².